The first-order chi connectivity index (χ1) is 21.0. The van der Waals surface area contributed by atoms with Crippen LogP contribution < -0.4 is 0 Å². The van der Waals surface area contributed by atoms with Gasteiger partial charge in [0.2, 0.25) is 11.6 Å². The summed E-state index contributed by atoms with van der Waals surface area (Å²) in [4.78, 5) is 14.7. The van der Waals surface area contributed by atoms with E-state index in [9.17, 15) is 0 Å². The summed E-state index contributed by atoms with van der Waals surface area (Å²) in [5.41, 5.74) is 1.26. The fraction of sp³-hybridized carbons (Fsp3) is 0.368. The van der Waals surface area contributed by atoms with E-state index in [2.05, 4.69) is 151 Å². The largest absolute Gasteiger partial charge is 0.321 e. The second-order valence-electron chi connectivity index (χ2n) is 14.4. The smallest absolute Gasteiger partial charge is 0.230 e. The van der Waals surface area contributed by atoms with Crippen LogP contribution in [0.25, 0.3) is 0 Å². The van der Waals surface area contributed by atoms with Crippen molar-refractivity contribution in [2.45, 2.75) is 87.5 Å². The van der Waals surface area contributed by atoms with Gasteiger partial charge in [0.15, 0.2) is 12.5 Å². The molecule has 4 fully saturated rings. The van der Waals surface area contributed by atoms with E-state index in [-0.39, 0.29) is 0 Å². The molecule has 0 amide bonds. The molecule has 8 rings (SSSR count). The number of hydroxylamine groups is 4. The molecule has 6 heteroatoms. The van der Waals surface area contributed by atoms with Gasteiger partial charge in [0.25, 0.3) is 0 Å². The second-order valence-corrected chi connectivity index (χ2v) is 14.4. The van der Waals surface area contributed by atoms with Gasteiger partial charge in [0.05, 0.1) is 0 Å². The normalized spacial score (nSPS) is 34.9. The molecule has 6 atom stereocenters. The van der Waals surface area contributed by atoms with E-state index in [0.29, 0.717) is 0 Å². The molecular weight excluding hydrogens is 548 g/mol. The molecule has 4 aromatic rings. The Balaban J connectivity index is 1.61. The minimum Gasteiger partial charge on any atom is -0.321 e. The monoisotopic (exact) mass is 588 g/mol. The lowest BCUT2D eigenvalue weighted by atomic mass is 9.50. The Bertz CT molecular complexity index is 1550. The van der Waals surface area contributed by atoms with Crippen molar-refractivity contribution in [2.24, 2.45) is 0 Å². The minimum atomic E-state index is -1.27. The van der Waals surface area contributed by atoms with Gasteiger partial charge in [-0.25, -0.2) is 0 Å². The van der Waals surface area contributed by atoms with Crippen molar-refractivity contribution in [3.05, 3.63) is 144 Å². The quantitative estimate of drug-likeness (QED) is 0.248. The lowest BCUT2D eigenvalue weighted by molar-refractivity contribution is -0.424. The summed E-state index contributed by atoms with van der Waals surface area (Å²) >= 11 is 0. The van der Waals surface area contributed by atoms with Gasteiger partial charge in [-0.2, -0.15) is 10.1 Å². The highest BCUT2D eigenvalue weighted by molar-refractivity contribution is 5.57. The molecule has 0 bridgehead atoms. The molecule has 0 aromatic heterocycles. The minimum absolute atomic E-state index is 0.449. The maximum atomic E-state index is 7.67. The van der Waals surface area contributed by atoms with Crippen LogP contribution in [0.4, 0.5) is 0 Å². The Kier molecular flexibility index (Phi) is 5.82. The molecule has 4 aliphatic heterocycles. The topological polar surface area (TPSA) is 43.4 Å². The average molecular weight is 589 g/mol. The van der Waals surface area contributed by atoms with Crippen molar-refractivity contribution < 1.29 is 19.1 Å². The van der Waals surface area contributed by atoms with E-state index < -0.39 is 45.9 Å². The molecule has 6 nitrogen and oxygen atoms in total. The van der Waals surface area contributed by atoms with Crippen molar-refractivity contribution in [2.75, 3.05) is 0 Å². The third kappa shape index (κ3) is 3.16. The Morgan fingerprint density at radius 3 is 0.977 bits per heavy atom. The highest BCUT2D eigenvalue weighted by Gasteiger charge is 2.97. The molecule has 6 unspecified atom stereocenters. The van der Waals surface area contributed by atoms with E-state index in [1.165, 1.54) is 0 Å². The van der Waals surface area contributed by atoms with Crippen LogP contribution >= 0.6 is 0 Å². The first kappa shape index (κ1) is 28.1. The average Bonchev–Trinajstić information content (AvgIpc) is 3.68. The van der Waals surface area contributed by atoms with Crippen LogP contribution in [-0.4, -0.2) is 33.7 Å². The summed E-state index contributed by atoms with van der Waals surface area (Å²) in [7, 11) is 0. The molecule has 0 saturated carbocycles. The molecular formula is C38H40N2O4. The summed E-state index contributed by atoms with van der Waals surface area (Å²) in [6.07, 6.45) is -1.17. The molecule has 4 saturated heterocycles. The Morgan fingerprint density at radius 1 is 0.432 bits per heavy atom. The second kappa shape index (κ2) is 9.10. The first-order valence-electron chi connectivity index (χ1n) is 15.6. The third-order valence-electron chi connectivity index (χ3n) is 9.92. The van der Waals surface area contributed by atoms with Crippen molar-refractivity contribution in [3.63, 3.8) is 0 Å². The summed E-state index contributed by atoms with van der Waals surface area (Å²) in [6, 6.07) is 42.2. The number of nitrogens with zero attached hydrogens (tertiary/aromatic N) is 2. The maximum absolute atomic E-state index is 7.67. The molecule has 44 heavy (non-hydrogen) atoms. The van der Waals surface area contributed by atoms with Crippen LogP contribution in [0.15, 0.2) is 121 Å². The van der Waals surface area contributed by atoms with E-state index >= 15 is 0 Å². The Hall–Kier alpha value is -3.36. The van der Waals surface area contributed by atoms with Crippen molar-refractivity contribution in [1.82, 2.24) is 10.1 Å². The molecule has 4 aliphatic rings. The van der Waals surface area contributed by atoms with Gasteiger partial charge < -0.3 is 9.47 Å². The Morgan fingerprint density at radius 2 is 0.705 bits per heavy atom. The lowest BCUT2D eigenvalue weighted by Gasteiger charge is -2.46. The number of hydrogen-bond acceptors (Lipinski definition) is 6. The molecule has 0 spiro atoms. The molecule has 0 radical (unpaired) electrons. The van der Waals surface area contributed by atoms with Crippen molar-refractivity contribution in [3.8, 4) is 0 Å². The molecule has 4 heterocycles. The van der Waals surface area contributed by atoms with Gasteiger partial charge in [-0.05, 0) is 52.7 Å². The summed E-state index contributed by atoms with van der Waals surface area (Å²) in [5, 5.41) is 4.06. The van der Waals surface area contributed by atoms with Crippen molar-refractivity contribution >= 4 is 0 Å². The van der Waals surface area contributed by atoms with E-state index in [4.69, 9.17) is 19.1 Å². The standard InChI is InChI=1S/C38H40N2O4/c1-33(2,3)39-31-35(27-19-11-7-12-20-27)36(28-21-13-8-14-22-28)32(42-37(35,43-39)29-23-15-9-16-24-29)40(34(4,5)6)44-38(36,41-31)30-25-17-10-18-26-30/h7-26,31-32H,1-6H3. The Labute approximate surface area is 260 Å². The van der Waals surface area contributed by atoms with Gasteiger partial charge in [0, 0.05) is 22.2 Å². The fourth-order valence-electron chi connectivity index (χ4n) is 8.43. The van der Waals surface area contributed by atoms with Crippen LogP contribution in [0.2, 0.25) is 0 Å². The third-order valence-corrected chi connectivity index (χ3v) is 9.92. The number of benzene rings is 4. The lowest BCUT2D eigenvalue weighted by Crippen LogP contribution is -2.61. The van der Waals surface area contributed by atoms with Crippen LogP contribution in [-0.2, 0) is 41.6 Å². The zero-order valence-electron chi connectivity index (χ0n) is 26.2. The van der Waals surface area contributed by atoms with Crippen LogP contribution in [0.1, 0.15) is 63.8 Å². The highest BCUT2D eigenvalue weighted by atomic mass is 16.9. The predicted octanol–water partition coefficient (Wildman–Crippen LogP) is 7.37. The number of ether oxygens (including phenoxy) is 2. The zero-order valence-corrected chi connectivity index (χ0v) is 26.2. The van der Waals surface area contributed by atoms with Crippen LogP contribution in [0.3, 0.4) is 0 Å². The summed E-state index contributed by atoms with van der Waals surface area (Å²) in [5.74, 6) is -2.53. The summed E-state index contributed by atoms with van der Waals surface area (Å²) in [6.45, 7) is 13.0. The molecule has 4 aromatic carbocycles. The first-order valence-corrected chi connectivity index (χ1v) is 15.6. The van der Waals surface area contributed by atoms with Gasteiger partial charge in [0.1, 0.15) is 10.8 Å². The van der Waals surface area contributed by atoms with E-state index in [1.54, 1.807) is 0 Å². The van der Waals surface area contributed by atoms with Crippen LogP contribution in [0.5, 0.6) is 0 Å². The van der Waals surface area contributed by atoms with Crippen molar-refractivity contribution in [1.29, 1.82) is 0 Å². The molecule has 0 aliphatic carbocycles. The molecule has 0 N–H and O–H groups in total. The van der Waals surface area contributed by atoms with Crippen LogP contribution in [0, 0.1) is 0 Å². The van der Waals surface area contributed by atoms with Gasteiger partial charge in [-0.15, -0.1) is 0 Å². The zero-order chi connectivity index (χ0) is 30.6. The van der Waals surface area contributed by atoms with E-state index in [0.717, 1.165) is 22.3 Å². The van der Waals surface area contributed by atoms with Gasteiger partial charge >= 0.3 is 0 Å². The molecule has 226 valence electrons. The fourth-order valence-corrected chi connectivity index (χ4v) is 8.43. The number of hydrogen-bond donors (Lipinski definition) is 0. The maximum Gasteiger partial charge on any atom is 0.230 e. The van der Waals surface area contributed by atoms with Gasteiger partial charge in [-0.3, -0.25) is 9.68 Å². The summed E-state index contributed by atoms with van der Waals surface area (Å²) < 4.78 is 15.3. The van der Waals surface area contributed by atoms with E-state index in [1.807, 2.05) is 22.3 Å². The number of rotatable bonds is 4. The predicted molar refractivity (Wildman–Crippen MR) is 168 cm³/mol. The highest BCUT2D eigenvalue weighted by Crippen LogP contribution is 2.82. The SMILES string of the molecule is CC(C)(C)N1OC2(c3ccccc3)OC3N(C(C)(C)C)OC4(c5ccccc5)OC1C2(c1ccccc1)C34c1ccccc1. The van der Waals surface area contributed by atoms with Gasteiger partial charge in [-0.1, -0.05) is 121 Å².